The van der Waals surface area contributed by atoms with Crippen LogP contribution in [0.5, 0.6) is 11.5 Å². The van der Waals surface area contributed by atoms with Crippen LogP contribution in [0.2, 0.25) is 0 Å². The summed E-state index contributed by atoms with van der Waals surface area (Å²) in [6.45, 7) is 5.41. The van der Waals surface area contributed by atoms with E-state index in [4.69, 9.17) is 13.9 Å². The number of aromatic hydroxyl groups is 1. The zero-order valence-electron chi connectivity index (χ0n) is 19.9. The topological polar surface area (TPSA) is 119 Å². The number of aryl methyl sites for hydroxylation is 2. The van der Waals surface area contributed by atoms with Crippen molar-refractivity contribution >= 4 is 39.3 Å². The molecule has 0 radical (unpaired) electrons. The Morgan fingerprint density at radius 1 is 1.19 bits per heavy atom. The third kappa shape index (κ3) is 3.61. The summed E-state index contributed by atoms with van der Waals surface area (Å²) in [4.78, 5) is 46.0. The van der Waals surface area contributed by atoms with Gasteiger partial charge < -0.3 is 19.0 Å². The number of nitrogens with zero attached hydrogens (tertiary/aromatic N) is 2. The van der Waals surface area contributed by atoms with Gasteiger partial charge in [-0.3, -0.25) is 14.5 Å². The van der Waals surface area contributed by atoms with Crippen LogP contribution in [0.15, 0.2) is 45.6 Å². The third-order valence-electron chi connectivity index (χ3n) is 6.00. The van der Waals surface area contributed by atoms with E-state index in [0.717, 1.165) is 16.9 Å². The molecule has 0 saturated heterocycles. The lowest BCUT2D eigenvalue weighted by atomic mass is 9.98. The van der Waals surface area contributed by atoms with E-state index < -0.39 is 17.9 Å². The minimum absolute atomic E-state index is 0.0896. The predicted octanol–water partition coefficient (Wildman–Crippen LogP) is 4.51. The first-order valence-corrected chi connectivity index (χ1v) is 12.0. The molecule has 1 N–H and O–H groups in total. The van der Waals surface area contributed by atoms with Crippen LogP contribution in [0.3, 0.4) is 0 Å². The van der Waals surface area contributed by atoms with Gasteiger partial charge in [-0.05, 0) is 50.6 Å². The summed E-state index contributed by atoms with van der Waals surface area (Å²) >= 11 is 0.998. The van der Waals surface area contributed by atoms with Gasteiger partial charge in [0.25, 0.3) is 5.91 Å². The van der Waals surface area contributed by atoms with E-state index in [-0.39, 0.29) is 44.9 Å². The van der Waals surface area contributed by atoms with Crippen LogP contribution in [0.25, 0.3) is 11.0 Å². The van der Waals surface area contributed by atoms with E-state index >= 15 is 0 Å². The Hall–Kier alpha value is -4.18. The number of phenols is 1. The first-order chi connectivity index (χ1) is 17.2. The highest BCUT2D eigenvalue weighted by molar-refractivity contribution is 7.17. The van der Waals surface area contributed by atoms with Crippen LogP contribution >= 0.6 is 11.3 Å². The predicted molar refractivity (Wildman–Crippen MR) is 133 cm³/mol. The molecule has 3 heterocycles. The van der Waals surface area contributed by atoms with Gasteiger partial charge >= 0.3 is 5.97 Å². The summed E-state index contributed by atoms with van der Waals surface area (Å²) in [5.41, 5.74) is 1.87. The number of rotatable bonds is 5. The smallest absolute Gasteiger partial charge is 0.350 e. The van der Waals surface area contributed by atoms with Gasteiger partial charge in [-0.15, -0.1) is 0 Å². The number of hydrogen-bond donors (Lipinski definition) is 1. The van der Waals surface area contributed by atoms with E-state index in [2.05, 4.69) is 4.98 Å². The fraction of sp³-hybridized carbons (Fsp3) is 0.231. The number of carbonyl (C=O) groups is 2. The van der Waals surface area contributed by atoms with E-state index in [1.807, 2.05) is 6.92 Å². The molecule has 0 aliphatic carbocycles. The van der Waals surface area contributed by atoms with Gasteiger partial charge in [0, 0.05) is 0 Å². The molecule has 36 heavy (non-hydrogen) atoms. The first kappa shape index (κ1) is 23.6. The average Bonchev–Trinajstić information content (AvgIpc) is 3.37. The van der Waals surface area contributed by atoms with Gasteiger partial charge in [-0.25, -0.2) is 9.78 Å². The second-order valence-electron chi connectivity index (χ2n) is 8.31. The lowest BCUT2D eigenvalue weighted by Crippen LogP contribution is -2.29. The third-order valence-corrected chi connectivity index (χ3v) is 7.13. The van der Waals surface area contributed by atoms with E-state index in [0.29, 0.717) is 22.2 Å². The Balaban J connectivity index is 1.77. The van der Waals surface area contributed by atoms with Crippen LogP contribution in [-0.2, 0) is 4.74 Å². The quantitative estimate of drug-likeness (QED) is 0.393. The molecule has 5 rings (SSSR count). The van der Waals surface area contributed by atoms with Crippen LogP contribution in [-0.4, -0.2) is 35.7 Å². The molecule has 1 atom stereocenters. The zero-order valence-corrected chi connectivity index (χ0v) is 20.8. The molecule has 10 heteroatoms. The Morgan fingerprint density at radius 2 is 1.97 bits per heavy atom. The molecule has 2 aromatic heterocycles. The van der Waals surface area contributed by atoms with Crippen LogP contribution in [0.4, 0.5) is 5.13 Å². The van der Waals surface area contributed by atoms with Crippen molar-refractivity contribution in [3.05, 3.63) is 79.6 Å². The number of phenolic OH excluding ortho intramolecular Hbond substituents is 1. The number of amides is 1. The average molecular weight is 507 g/mol. The van der Waals surface area contributed by atoms with Crippen LogP contribution in [0.1, 0.15) is 55.6 Å². The number of esters is 1. The number of hydrogen-bond acceptors (Lipinski definition) is 9. The Kier molecular flexibility index (Phi) is 5.76. The number of ether oxygens (including phenoxy) is 2. The molecular formula is C26H22N2O7S. The molecule has 1 amide bonds. The fourth-order valence-corrected chi connectivity index (χ4v) is 5.32. The maximum atomic E-state index is 13.8. The van der Waals surface area contributed by atoms with Crippen molar-refractivity contribution in [2.75, 3.05) is 18.6 Å². The van der Waals surface area contributed by atoms with Crippen molar-refractivity contribution in [2.45, 2.75) is 26.8 Å². The molecule has 0 bridgehead atoms. The second-order valence-corrected chi connectivity index (χ2v) is 9.29. The molecule has 2 aromatic carbocycles. The standard InChI is InChI=1S/C26H22N2O7S/c1-5-34-25(32)23-13(3)27-26(36-23)28-20(14-7-8-16(29)18(11-14)33-4)19-21(30)15-10-12(2)6-9-17(15)35-22(19)24(28)31/h6-11,20,29H,5H2,1-4H3. The van der Waals surface area contributed by atoms with Crippen molar-refractivity contribution in [3.8, 4) is 11.5 Å². The fourth-order valence-electron chi connectivity index (χ4n) is 4.33. The lowest BCUT2D eigenvalue weighted by molar-refractivity contribution is 0.0531. The van der Waals surface area contributed by atoms with Gasteiger partial charge in [-0.1, -0.05) is 29.0 Å². The Labute approximate surface area is 209 Å². The second kappa shape index (κ2) is 8.80. The summed E-state index contributed by atoms with van der Waals surface area (Å²) < 4.78 is 16.4. The van der Waals surface area contributed by atoms with Crippen LogP contribution in [0, 0.1) is 13.8 Å². The first-order valence-electron chi connectivity index (χ1n) is 11.2. The van der Waals surface area contributed by atoms with Crippen molar-refractivity contribution in [1.29, 1.82) is 0 Å². The van der Waals surface area contributed by atoms with E-state index in [1.54, 1.807) is 44.2 Å². The molecule has 1 aliphatic rings. The molecule has 9 nitrogen and oxygen atoms in total. The highest BCUT2D eigenvalue weighted by atomic mass is 32.1. The summed E-state index contributed by atoms with van der Waals surface area (Å²) in [6, 6.07) is 8.84. The van der Waals surface area contributed by atoms with Gasteiger partial charge in [0.1, 0.15) is 10.5 Å². The maximum absolute atomic E-state index is 13.8. The zero-order chi connectivity index (χ0) is 25.7. The minimum Gasteiger partial charge on any atom is -0.504 e. The number of fused-ring (bicyclic) bond motifs is 2. The number of aromatic nitrogens is 1. The van der Waals surface area contributed by atoms with Crippen molar-refractivity contribution in [1.82, 2.24) is 4.98 Å². The summed E-state index contributed by atoms with van der Waals surface area (Å²) in [5.74, 6) is -1.11. The largest absolute Gasteiger partial charge is 0.504 e. The molecule has 0 fully saturated rings. The minimum atomic E-state index is -0.927. The lowest BCUT2D eigenvalue weighted by Gasteiger charge is -2.23. The molecular weight excluding hydrogens is 484 g/mol. The Morgan fingerprint density at radius 3 is 2.69 bits per heavy atom. The molecule has 1 aliphatic heterocycles. The van der Waals surface area contributed by atoms with E-state index in [9.17, 15) is 19.5 Å². The molecule has 0 saturated carbocycles. The van der Waals surface area contributed by atoms with Gasteiger partial charge in [0.15, 0.2) is 22.1 Å². The normalized spacial score (nSPS) is 14.8. The molecule has 184 valence electrons. The van der Waals surface area contributed by atoms with Gasteiger partial charge in [0.05, 0.1) is 36.4 Å². The van der Waals surface area contributed by atoms with E-state index in [1.165, 1.54) is 18.1 Å². The van der Waals surface area contributed by atoms with Crippen molar-refractivity contribution in [3.63, 3.8) is 0 Å². The van der Waals surface area contributed by atoms with Gasteiger partial charge in [0.2, 0.25) is 5.76 Å². The van der Waals surface area contributed by atoms with Crippen LogP contribution < -0.4 is 15.1 Å². The van der Waals surface area contributed by atoms with Gasteiger partial charge in [-0.2, -0.15) is 0 Å². The monoisotopic (exact) mass is 506 g/mol. The van der Waals surface area contributed by atoms with Crippen molar-refractivity contribution < 1.29 is 28.6 Å². The molecule has 4 aromatic rings. The molecule has 0 spiro atoms. The number of benzene rings is 2. The van der Waals surface area contributed by atoms with Crippen molar-refractivity contribution in [2.24, 2.45) is 0 Å². The number of carbonyl (C=O) groups excluding carboxylic acids is 2. The molecule has 1 unspecified atom stereocenters. The highest BCUT2D eigenvalue weighted by Crippen LogP contribution is 2.44. The summed E-state index contributed by atoms with van der Waals surface area (Å²) in [6.07, 6.45) is 0. The summed E-state index contributed by atoms with van der Waals surface area (Å²) in [5, 5.41) is 10.7. The summed E-state index contributed by atoms with van der Waals surface area (Å²) in [7, 11) is 1.41. The SMILES string of the molecule is CCOC(=O)c1sc(N2C(=O)c3oc4ccc(C)cc4c(=O)c3C2c2ccc(O)c(OC)c2)nc1C. The Bertz CT molecular complexity index is 1600. The number of thiazole rings is 1. The maximum Gasteiger partial charge on any atom is 0.350 e. The number of anilines is 1. The highest BCUT2D eigenvalue weighted by Gasteiger charge is 2.45. The number of methoxy groups -OCH3 is 1.